The maximum absolute atomic E-state index is 13.3. The van der Waals surface area contributed by atoms with Gasteiger partial charge in [-0.2, -0.15) is 5.10 Å². The lowest BCUT2D eigenvalue weighted by molar-refractivity contribution is -0.124. The second-order valence-electron chi connectivity index (χ2n) is 7.86. The Hall–Kier alpha value is -3.26. The van der Waals surface area contributed by atoms with Gasteiger partial charge in [0, 0.05) is 43.1 Å². The maximum Gasteiger partial charge on any atom is 0.257 e. The summed E-state index contributed by atoms with van der Waals surface area (Å²) in [7, 11) is 1.69. The first-order valence-electron chi connectivity index (χ1n) is 10.4. The number of hydrogen-bond acceptors (Lipinski definition) is 3. The molecule has 1 aromatic heterocycles. The molecule has 0 unspecified atom stereocenters. The van der Waals surface area contributed by atoms with Crippen molar-refractivity contribution in [3.05, 3.63) is 66.2 Å². The first-order valence-corrected chi connectivity index (χ1v) is 10.8. The molecule has 2 N–H and O–H groups in total. The third-order valence-electron chi connectivity index (χ3n) is 5.54. The largest absolute Gasteiger partial charge is 0.322 e. The molecular formula is C24H25ClF2N4O2. The highest BCUT2D eigenvalue weighted by Crippen LogP contribution is 2.36. The third kappa shape index (κ3) is 5.96. The minimum Gasteiger partial charge on any atom is -0.322 e. The first-order chi connectivity index (χ1) is 15.6. The van der Waals surface area contributed by atoms with Crippen molar-refractivity contribution in [1.29, 1.82) is 0 Å². The molecule has 6 nitrogen and oxygen atoms in total. The summed E-state index contributed by atoms with van der Waals surface area (Å²) >= 11 is 5.97. The van der Waals surface area contributed by atoms with E-state index in [1.54, 1.807) is 37.4 Å². The quantitative estimate of drug-likeness (QED) is 0.402. The van der Waals surface area contributed by atoms with E-state index < -0.39 is 17.7 Å². The lowest BCUT2D eigenvalue weighted by atomic mass is 9.86. The number of nitrogens with one attached hydrogen (secondary N) is 2. The van der Waals surface area contributed by atoms with Crippen molar-refractivity contribution in [1.82, 2.24) is 9.78 Å². The van der Waals surface area contributed by atoms with E-state index in [2.05, 4.69) is 28.9 Å². The summed E-state index contributed by atoms with van der Waals surface area (Å²) in [5.41, 5.74) is 2.14. The van der Waals surface area contributed by atoms with Crippen molar-refractivity contribution in [3.63, 3.8) is 0 Å². The summed E-state index contributed by atoms with van der Waals surface area (Å²) in [6.07, 6.45) is 2.51. The molecular weight excluding hydrogens is 450 g/mol. The van der Waals surface area contributed by atoms with Crippen molar-refractivity contribution in [2.45, 2.75) is 31.6 Å². The lowest BCUT2D eigenvalue weighted by Crippen LogP contribution is -2.32. The number of carbonyl (C=O) groups excluding carboxylic acids is 2. The zero-order valence-electron chi connectivity index (χ0n) is 18.2. The Kier molecular flexibility index (Phi) is 7.48. The molecule has 1 fully saturated rings. The SMILES string of the molecule is C=C/C(Cl)=C(\C=C)C(=O)Nc1ccc(-c2cc(NC(=O)C3CCC(F)(F)CC3)n(C)n2)cc1. The second kappa shape index (κ2) is 10.1. The van der Waals surface area contributed by atoms with E-state index in [1.807, 2.05) is 0 Å². The van der Waals surface area contributed by atoms with Crippen molar-refractivity contribution >= 4 is 34.9 Å². The number of halogens is 3. The Labute approximate surface area is 196 Å². The average Bonchev–Trinajstić information content (AvgIpc) is 3.14. The molecule has 174 valence electrons. The molecule has 0 bridgehead atoms. The zero-order valence-corrected chi connectivity index (χ0v) is 19.0. The highest BCUT2D eigenvalue weighted by atomic mass is 35.5. The molecule has 0 aliphatic heterocycles. The molecule has 0 radical (unpaired) electrons. The minimum atomic E-state index is -2.68. The zero-order chi connectivity index (χ0) is 24.2. The highest BCUT2D eigenvalue weighted by Gasteiger charge is 2.37. The maximum atomic E-state index is 13.3. The van der Waals surface area contributed by atoms with Gasteiger partial charge in [0.15, 0.2) is 0 Å². The number of aromatic nitrogens is 2. The van der Waals surface area contributed by atoms with Gasteiger partial charge in [0.2, 0.25) is 11.8 Å². The topological polar surface area (TPSA) is 76.0 Å². The number of nitrogens with zero attached hydrogens (tertiary/aromatic N) is 2. The van der Waals surface area contributed by atoms with E-state index in [4.69, 9.17) is 11.6 Å². The van der Waals surface area contributed by atoms with Crippen LogP contribution in [0.3, 0.4) is 0 Å². The van der Waals surface area contributed by atoms with E-state index in [-0.39, 0.29) is 42.2 Å². The number of aryl methyl sites for hydroxylation is 1. The van der Waals surface area contributed by atoms with Crippen LogP contribution in [-0.2, 0) is 16.6 Å². The number of amides is 2. The predicted molar refractivity (Wildman–Crippen MR) is 126 cm³/mol. The Bertz CT molecular complexity index is 1100. The van der Waals surface area contributed by atoms with Gasteiger partial charge in [-0.1, -0.05) is 43.0 Å². The van der Waals surface area contributed by atoms with Crippen LogP contribution in [0.2, 0.25) is 0 Å². The van der Waals surface area contributed by atoms with E-state index >= 15 is 0 Å². The molecule has 1 heterocycles. The fraction of sp³-hybridized carbons (Fsp3) is 0.292. The number of carbonyl (C=O) groups is 2. The number of rotatable bonds is 7. The summed E-state index contributed by atoms with van der Waals surface area (Å²) in [5.74, 6) is -3.32. The summed E-state index contributed by atoms with van der Waals surface area (Å²) in [6, 6.07) is 8.69. The van der Waals surface area contributed by atoms with E-state index in [0.717, 1.165) is 5.56 Å². The predicted octanol–water partition coefficient (Wildman–Crippen LogP) is 5.65. The standard InChI is InChI=1S/C24H25ClF2N4O2/c1-4-18(19(25)5-2)23(33)28-17-8-6-15(7-9-17)20-14-21(31(3)30-20)29-22(32)16-10-12-24(26,27)13-11-16/h4-9,14,16H,1-2,10-13H2,3H3,(H,28,33)(H,29,32)/b19-18-. The summed E-state index contributed by atoms with van der Waals surface area (Å²) in [4.78, 5) is 24.9. The minimum absolute atomic E-state index is 0.164. The Morgan fingerprint density at radius 2 is 1.79 bits per heavy atom. The van der Waals surface area contributed by atoms with Crippen LogP contribution in [0.1, 0.15) is 25.7 Å². The van der Waals surface area contributed by atoms with Crippen LogP contribution < -0.4 is 10.6 Å². The normalized spacial score (nSPS) is 16.5. The van der Waals surface area contributed by atoms with Gasteiger partial charge in [0.05, 0.1) is 16.3 Å². The molecule has 1 aromatic carbocycles. The monoisotopic (exact) mass is 474 g/mol. The molecule has 1 aliphatic carbocycles. The van der Waals surface area contributed by atoms with Gasteiger partial charge in [0.1, 0.15) is 5.82 Å². The Morgan fingerprint density at radius 1 is 1.15 bits per heavy atom. The third-order valence-corrected chi connectivity index (χ3v) is 5.90. The van der Waals surface area contributed by atoms with Crippen LogP contribution in [-0.4, -0.2) is 27.5 Å². The van der Waals surface area contributed by atoms with Crippen molar-refractivity contribution in [3.8, 4) is 11.3 Å². The van der Waals surface area contributed by atoms with Crippen LogP contribution in [0.5, 0.6) is 0 Å². The molecule has 2 aromatic rings. The first kappa shape index (κ1) is 24.4. The highest BCUT2D eigenvalue weighted by molar-refractivity contribution is 6.34. The summed E-state index contributed by atoms with van der Waals surface area (Å²) < 4.78 is 28.2. The molecule has 9 heteroatoms. The number of benzene rings is 1. The van der Waals surface area contributed by atoms with Crippen molar-refractivity contribution < 1.29 is 18.4 Å². The molecule has 1 aliphatic rings. The second-order valence-corrected chi connectivity index (χ2v) is 8.27. The lowest BCUT2D eigenvalue weighted by Gasteiger charge is -2.27. The van der Waals surface area contributed by atoms with Gasteiger partial charge in [-0.25, -0.2) is 8.78 Å². The average molecular weight is 475 g/mol. The van der Waals surface area contributed by atoms with Crippen molar-refractivity contribution in [2.24, 2.45) is 13.0 Å². The Balaban J connectivity index is 1.67. The molecule has 1 saturated carbocycles. The van der Waals surface area contributed by atoms with Crippen LogP contribution in [0, 0.1) is 5.92 Å². The van der Waals surface area contributed by atoms with Crippen LogP contribution in [0.4, 0.5) is 20.3 Å². The van der Waals surface area contributed by atoms with Crippen LogP contribution in [0.15, 0.2) is 66.2 Å². The fourth-order valence-corrected chi connectivity index (χ4v) is 3.75. The number of allylic oxidation sites excluding steroid dienone is 2. The molecule has 0 saturated heterocycles. The van der Waals surface area contributed by atoms with Gasteiger partial charge < -0.3 is 10.6 Å². The fourth-order valence-electron chi connectivity index (χ4n) is 3.59. The van der Waals surface area contributed by atoms with Gasteiger partial charge >= 0.3 is 0 Å². The van der Waals surface area contributed by atoms with Gasteiger partial charge in [-0.15, -0.1) is 0 Å². The number of alkyl halides is 2. The van der Waals surface area contributed by atoms with Gasteiger partial charge in [0.25, 0.3) is 5.91 Å². The van der Waals surface area contributed by atoms with E-state index in [1.165, 1.54) is 16.8 Å². The molecule has 33 heavy (non-hydrogen) atoms. The van der Waals surface area contributed by atoms with Gasteiger partial charge in [-0.05, 0) is 31.1 Å². The van der Waals surface area contributed by atoms with E-state index in [9.17, 15) is 18.4 Å². The molecule has 3 rings (SSSR count). The summed E-state index contributed by atoms with van der Waals surface area (Å²) in [6.45, 7) is 7.13. The molecule has 2 amide bonds. The molecule has 0 atom stereocenters. The Morgan fingerprint density at radius 3 is 2.36 bits per heavy atom. The van der Waals surface area contributed by atoms with Crippen LogP contribution in [0.25, 0.3) is 11.3 Å². The smallest absolute Gasteiger partial charge is 0.257 e. The van der Waals surface area contributed by atoms with Crippen molar-refractivity contribution in [2.75, 3.05) is 10.6 Å². The van der Waals surface area contributed by atoms with Gasteiger partial charge in [-0.3, -0.25) is 14.3 Å². The van der Waals surface area contributed by atoms with E-state index in [0.29, 0.717) is 17.2 Å². The summed E-state index contributed by atoms with van der Waals surface area (Å²) in [5, 5.41) is 10.1. The van der Waals surface area contributed by atoms with Crippen LogP contribution >= 0.6 is 11.6 Å². The number of anilines is 2. The molecule has 0 spiro atoms. The number of hydrogen-bond donors (Lipinski definition) is 2.